The molecule has 0 bridgehead atoms. The van der Waals surface area contributed by atoms with Crippen LogP contribution in [0.15, 0.2) is 41.0 Å². The number of furan rings is 1. The van der Waals surface area contributed by atoms with E-state index >= 15 is 0 Å². The van der Waals surface area contributed by atoms with Crippen molar-refractivity contribution < 1.29 is 23.5 Å². The highest BCUT2D eigenvalue weighted by atomic mass is 16.7. The second-order valence-corrected chi connectivity index (χ2v) is 4.73. The van der Waals surface area contributed by atoms with Gasteiger partial charge in [0.05, 0.1) is 6.26 Å². The lowest BCUT2D eigenvalue weighted by Crippen LogP contribution is -2.41. The Morgan fingerprint density at radius 2 is 2.00 bits per heavy atom. The number of hydrogen-bond donors (Lipinski definition) is 2. The molecule has 7 heteroatoms. The zero-order valence-electron chi connectivity index (χ0n) is 11.8. The Labute approximate surface area is 126 Å². The van der Waals surface area contributed by atoms with E-state index in [-0.39, 0.29) is 18.5 Å². The van der Waals surface area contributed by atoms with E-state index in [0.29, 0.717) is 17.2 Å². The predicted molar refractivity (Wildman–Crippen MR) is 76.8 cm³/mol. The molecule has 114 valence electrons. The Morgan fingerprint density at radius 3 is 2.77 bits per heavy atom. The van der Waals surface area contributed by atoms with Crippen molar-refractivity contribution in [3.8, 4) is 11.5 Å². The van der Waals surface area contributed by atoms with E-state index in [1.54, 1.807) is 31.2 Å². The predicted octanol–water partition coefficient (Wildman–Crippen LogP) is 1.77. The van der Waals surface area contributed by atoms with Gasteiger partial charge in [0, 0.05) is 11.8 Å². The zero-order chi connectivity index (χ0) is 15.5. The fourth-order valence-corrected chi connectivity index (χ4v) is 1.97. The van der Waals surface area contributed by atoms with Gasteiger partial charge in [-0.05, 0) is 31.2 Å². The van der Waals surface area contributed by atoms with E-state index in [1.165, 1.54) is 12.3 Å². The van der Waals surface area contributed by atoms with Crippen molar-refractivity contribution in [3.05, 3.63) is 42.4 Å². The standard InChI is InChI=1S/C15H14N2O5/c1-9(16-15(19)12-3-2-6-20-12)14(18)17-10-4-5-11-13(7-10)22-8-21-11/h2-7,9H,8H2,1H3,(H,16,19)(H,17,18)/t9-/m1/s1. The molecule has 1 aliphatic rings. The van der Waals surface area contributed by atoms with Crippen LogP contribution in [-0.2, 0) is 4.79 Å². The molecule has 0 saturated carbocycles. The third kappa shape index (κ3) is 2.88. The molecule has 3 rings (SSSR count). The molecule has 0 fully saturated rings. The molecule has 1 aromatic carbocycles. The largest absolute Gasteiger partial charge is 0.459 e. The molecule has 1 atom stereocenters. The second-order valence-electron chi connectivity index (χ2n) is 4.73. The van der Waals surface area contributed by atoms with Gasteiger partial charge in [-0.3, -0.25) is 9.59 Å². The van der Waals surface area contributed by atoms with Crippen LogP contribution in [0.3, 0.4) is 0 Å². The number of carbonyl (C=O) groups excluding carboxylic acids is 2. The number of fused-ring (bicyclic) bond motifs is 1. The van der Waals surface area contributed by atoms with Gasteiger partial charge in [0.15, 0.2) is 17.3 Å². The molecular formula is C15H14N2O5. The molecule has 0 aliphatic carbocycles. The Morgan fingerprint density at radius 1 is 1.18 bits per heavy atom. The Kier molecular flexibility index (Phi) is 3.69. The van der Waals surface area contributed by atoms with E-state index < -0.39 is 11.9 Å². The molecule has 1 aromatic heterocycles. The summed E-state index contributed by atoms with van der Waals surface area (Å²) < 4.78 is 15.4. The summed E-state index contributed by atoms with van der Waals surface area (Å²) in [7, 11) is 0. The summed E-state index contributed by atoms with van der Waals surface area (Å²) in [6.07, 6.45) is 1.40. The summed E-state index contributed by atoms with van der Waals surface area (Å²) in [5, 5.41) is 5.26. The average Bonchev–Trinajstić information content (AvgIpc) is 3.18. The quantitative estimate of drug-likeness (QED) is 0.898. The first-order valence-corrected chi connectivity index (χ1v) is 6.68. The van der Waals surface area contributed by atoms with Crippen LogP contribution in [0.5, 0.6) is 11.5 Å². The summed E-state index contributed by atoms with van der Waals surface area (Å²) in [5.41, 5.74) is 0.563. The highest BCUT2D eigenvalue weighted by Gasteiger charge is 2.19. The summed E-state index contributed by atoms with van der Waals surface area (Å²) >= 11 is 0. The third-order valence-electron chi connectivity index (χ3n) is 3.13. The number of amides is 2. The van der Waals surface area contributed by atoms with Crippen molar-refractivity contribution in [2.75, 3.05) is 12.1 Å². The average molecular weight is 302 g/mol. The summed E-state index contributed by atoms with van der Waals surface area (Å²) in [6.45, 7) is 1.76. The molecule has 0 saturated heterocycles. The van der Waals surface area contributed by atoms with Crippen LogP contribution >= 0.6 is 0 Å². The second kappa shape index (κ2) is 5.80. The molecule has 0 unspecified atom stereocenters. The maximum Gasteiger partial charge on any atom is 0.287 e. The number of anilines is 1. The first-order valence-electron chi connectivity index (χ1n) is 6.68. The van der Waals surface area contributed by atoms with Gasteiger partial charge in [-0.15, -0.1) is 0 Å². The van der Waals surface area contributed by atoms with Crippen molar-refractivity contribution in [1.29, 1.82) is 0 Å². The van der Waals surface area contributed by atoms with Crippen LogP contribution in [0.1, 0.15) is 17.5 Å². The third-order valence-corrected chi connectivity index (χ3v) is 3.13. The number of rotatable bonds is 4. The minimum absolute atomic E-state index is 0.155. The molecule has 2 aromatic rings. The fraction of sp³-hybridized carbons (Fsp3) is 0.200. The van der Waals surface area contributed by atoms with Crippen LogP contribution in [-0.4, -0.2) is 24.6 Å². The van der Waals surface area contributed by atoms with Gasteiger partial charge in [0.25, 0.3) is 5.91 Å². The van der Waals surface area contributed by atoms with E-state index in [2.05, 4.69) is 10.6 Å². The van der Waals surface area contributed by atoms with Crippen molar-refractivity contribution in [1.82, 2.24) is 5.32 Å². The van der Waals surface area contributed by atoms with Gasteiger partial charge in [-0.25, -0.2) is 0 Å². The molecule has 2 N–H and O–H groups in total. The monoisotopic (exact) mass is 302 g/mol. The minimum atomic E-state index is -0.719. The minimum Gasteiger partial charge on any atom is -0.459 e. The maximum absolute atomic E-state index is 12.1. The lowest BCUT2D eigenvalue weighted by Gasteiger charge is -2.13. The fourth-order valence-electron chi connectivity index (χ4n) is 1.97. The molecule has 2 heterocycles. The summed E-state index contributed by atoms with van der Waals surface area (Å²) in [4.78, 5) is 23.9. The van der Waals surface area contributed by atoms with Gasteiger partial charge in [0.2, 0.25) is 12.7 Å². The van der Waals surface area contributed by atoms with Crippen LogP contribution in [0, 0.1) is 0 Å². The number of nitrogens with one attached hydrogen (secondary N) is 2. The van der Waals surface area contributed by atoms with Crippen LogP contribution in [0.2, 0.25) is 0 Å². The molecule has 22 heavy (non-hydrogen) atoms. The van der Waals surface area contributed by atoms with Crippen LogP contribution in [0.4, 0.5) is 5.69 Å². The zero-order valence-corrected chi connectivity index (χ0v) is 11.8. The molecule has 1 aliphatic heterocycles. The Bertz CT molecular complexity index is 696. The lowest BCUT2D eigenvalue weighted by atomic mass is 10.2. The highest BCUT2D eigenvalue weighted by molar-refractivity contribution is 6.00. The van der Waals surface area contributed by atoms with E-state index in [9.17, 15) is 9.59 Å². The topological polar surface area (TPSA) is 89.8 Å². The Balaban J connectivity index is 1.60. The number of ether oxygens (including phenoxy) is 2. The highest BCUT2D eigenvalue weighted by Crippen LogP contribution is 2.34. The molecule has 0 radical (unpaired) electrons. The van der Waals surface area contributed by atoms with Crippen molar-refractivity contribution in [3.63, 3.8) is 0 Å². The molecular weight excluding hydrogens is 288 g/mol. The normalized spacial score (nSPS) is 13.5. The van der Waals surface area contributed by atoms with Gasteiger partial charge in [-0.2, -0.15) is 0 Å². The van der Waals surface area contributed by atoms with Crippen LogP contribution in [0.25, 0.3) is 0 Å². The van der Waals surface area contributed by atoms with E-state index in [1.807, 2.05) is 0 Å². The van der Waals surface area contributed by atoms with Crippen molar-refractivity contribution in [2.45, 2.75) is 13.0 Å². The first-order chi connectivity index (χ1) is 10.6. The Hall–Kier alpha value is -2.96. The summed E-state index contributed by atoms with van der Waals surface area (Å²) in [6, 6.07) is 7.49. The van der Waals surface area contributed by atoms with Gasteiger partial charge in [-0.1, -0.05) is 0 Å². The SMILES string of the molecule is C[C@@H](NC(=O)c1ccco1)C(=O)Nc1ccc2c(c1)OCO2. The maximum atomic E-state index is 12.1. The number of benzene rings is 1. The van der Waals surface area contributed by atoms with E-state index in [0.717, 1.165) is 0 Å². The smallest absolute Gasteiger partial charge is 0.287 e. The molecule has 2 amide bonds. The summed E-state index contributed by atoms with van der Waals surface area (Å²) in [5.74, 6) is 0.571. The van der Waals surface area contributed by atoms with Crippen LogP contribution < -0.4 is 20.1 Å². The van der Waals surface area contributed by atoms with Gasteiger partial charge < -0.3 is 24.5 Å². The first kappa shape index (κ1) is 14.0. The molecule has 0 spiro atoms. The van der Waals surface area contributed by atoms with Gasteiger partial charge in [0.1, 0.15) is 6.04 Å². The van der Waals surface area contributed by atoms with E-state index in [4.69, 9.17) is 13.9 Å². The van der Waals surface area contributed by atoms with Gasteiger partial charge >= 0.3 is 0 Å². The van der Waals surface area contributed by atoms with Crippen molar-refractivity contribution >= 4 is 17.5 Å². The lowest BCUT2D eigenvalue weighted by molar-refractivity contribution is -0.117. The number of hydrogen-bond acceptors (Lipinski definition) is 5. The molecule has 7 nitrogen and oxygen atoms in total. The number of carbonyl (C=O) groups is 2. The van der Waals surface area contributed by atoms with Crippen molar-refractivity contribution in [2.24, 2.45) is 0 Å².